The average molecular weight is 467 g/mol. The number of ether oxygens (including phenoxy) is 1. The van der Waals surface area contributed by atoms with Gasteiger partial charge in [0, 0.05) is 12.2 Å². The van der Waals surface area contributed by atoms with Gasteiger partial charge in [-0.1, -0.05) is 32.9 Å². The Morgan fingerprint density at radius 1 is 1.21 bits per heavy atom. The van der Waals surface area contributed by atoms with E-state index in [9.17, 15) is 19.1 Å². The van der Waals surface area contributed by atoms with Gasteiger partial charge in [0.25, 0.3) is 17.7 Å². The molecule has 1 unspecified atom stereocenters. The molecule has 0 saturated heterocycles. The number of amides is 2. The van der Waals surface area contributed by atoms with Gasteiger partial charge >= 0.3 is 0 Å². The smallest absolute Gasteiger partial charge is 0.293 e. The van der Waals surface area contributed by atoms with Crippen molar-refractivity contribution in [1.82, 2.24) is 10.1 Å². The molecule has 0 bridgehead atoms. The predicted octanol–water partition coefficient (Wildman–Crippen LogP) is 4.20. The molecule has 1 aromatic heterocycles. The van der Waals surface area contributed by atoms with Crippen molar-refractivity contribution in [2.45, 2.75) is 38.6 Å². The summed E-state index contributed by atoms with van der Waals surface area (Å²) in [5, 5.41) is 15.6. The molecular formula is C25H26FN3O5. The van der Waals surface area contributed by atoms with Crippen LogP contribution >= 0.6 is 0 Å². The number of nitrogens with one attached hydrogen (secondary N) is 1. The van der Waals surface area contributed by atoms with E-state index < -0.39 is 29.6 Å². The van der Waals surface area contributed by atoms with Crippen molar-refractivity contribution < 1.29 is 28.3 Å². The number of carbonyl (C=O) groups is 2. The van der Waals surface area contributed by atoms with E-state index in [-0.39, 0.29) is 23.4 Å². The highest BCUT2D eigenvalue weighted by atomic mass is 19.1. The van der Waals surface area contributed by atoms with E-state index in [1.807, 2.05) is 26.8 Å². The Hall–Kier alpha value is -3.88. The van der Waals surface area contributed by atoms with Crippen LogP contribution in [0.4, 0.5) is 10.1 Å². The van der Waals surface area contributed by atoms with Gasteiger partial charge in [0.1, 0.15) is 17.6 Å². The Kier molecular flexibility index (Phi) is 6.03. The van der Waals surface area contributed by atoms with E-state index in [1.165, 1.54) is 11.0 Å². The highest BCUT2D eigenvalue weighted by molar-refractivity contribution is 6.01. The standard InChI is InChI=1S/C25H26FN3O5/c1-25(2,3)18-8-5-15(12-19(18)26)27-23(31)22-17-7-6-16(33-4)11-14(17)9-10-29(22)24(32)20-13-21(30)28-34-20/h5-8,11-13,22H,9-10H2,1-4H3,(H,27,31)(H,28,30). The minimum atomic E-state index is -1.01. The molecule has 0 spiro atoms. The maximum Gasteiger partial charge on any atom is 0.293 e. The molecule has 2 heterocycles. The third-order valence-electron chi connectivity index (χ3n) is 5.84. The fourth-order valence-electron chi connectivity index (χ4n) is 4.15. The SMILES string of the molecule is COc1ccc2c(c1)CCN(C(=O)c1cc(O)no1)C2C(=O)Nc1ccc(C(C)(C)C)c(F)c1. The molecule has 8 nitrogen and oxygen atoms in total. The number of aromatic hydroxyl groups is 1. The van der Waals surface area contributed by atoms with Crippen molar-refractivity contribution in [2.24, 2.45) is 0 Å². The summed E-state index contributed by atoms with van der Waals surface area (Å²) in [5.74, 6) is -1.51. The zero-order valence-corrected chi connectivity index (χ0v) is 19.4. The molecule has 1 aliphatic rings. The van der Waals surface area contributed by atoms with Gasteiger partial charge in [0.05, 0.1) is 13.2 Å². The van der Waals surface area contributed by atoms with Crippen LogP contribution in [0.15, 0.2) is 47.0 Å². The Morgan fingerprint density at radius 3 is 2.59 bits per heavy atom. The maximum absolute atomic E-state index is 14.7. The van der Waals surface area contributed by atoms with E-state index in [0.717, 1.165) is 11.6 Å². The second-order valence-electron chi connectivity index (χ2n) is 9.20. The molecule has 2 amide bonds. The van der Waals surface area contributed by atoms with Crippen LogP contribution in [0.5, 0.6) is 11.6 Å². The van der Waals surface area contributed by atoms with Crippen LogP contribution < -0.4 is 10.1 Å². The third-order valence-corrected chi connectivity index (χ3v) is 5.84. The Morgan fingerprint density at radius 2 is 1.97 bits per heavy atom. The molecule has 0 aliphatic carbocycles. The summed E-state index contributed by atoms with van der Waals surface area (Å²) < 4.78 is 24.9. The number of rotatable bonds is 4. The van der Waals surface area contributed by atoms with Crippen molar-refractivity contribution >= 4 is 17.5 Å². The van der Waals surface area contributed by atoms with Crippen molar-refractivity contribution in [3.05, 3.63) is 70.7 Å². The normalized spacial score (nSPS) is 15.6. The Labute approximate surface area is 196 Å². The molecule has 4 rings (SSSR count). The number of hydrogen-bond acceptors (Lipinski definition) is 6. The van der Waals surface area contributed by atoms with Gasteiger partial charge in [-0.2, -0.15) is 0 Å². The summed E-state index contributed by atoms with van der Waals surface area (Å²) in [6.45, 7) is 5.93. The van der Waals surface area contributed by atoms with Gasteiger partial charge in [0.15, 0.2) is 0 Å². The first-order valence-corrected chi connectivity index (χ1v) is 10.8. The van der Waals surface area contributed by atoms with Crippen LogP contribution in [0, 0.1) is 5.82 Å². The van der Waals surface area contributed by atoms with Crippen molar-refractivity contribution in [3.8, 4) is 11.6 Å². The molecule has 178 valence electrons. The first-order chi connectivity index (χ1) is 16.1. The maximum atomic E-state index is 14.7. The first-order valence-electron chi connectivity index (χ1n) is 10.8. The highest BCUT2D eigenvalue weighted by Crippen LogP contribution is 2.35. The lowest BCUT2D eigenvalue weighted by Crippen LogP contribution is -2.45. The molecule has 3 aromatic rings. The van der Waals surface area contributed by atoms with Gasteiger partial charge in [-0.15, -0.1) is 0 Å². The number of benzene rings is 2. The van der Waals surface area contributed by atoms with E-state index in [1.54, 1.807) is 31.4 Å². The minimum Gasteiger partial charge on any atom is -0.497 e. The minimum absolute atomic E-state index is 0.187. The van der Waals surface area contributed by atoms with Crippen LogP contribution in [0.25, 0.3) is 0 Å². The van der Waals surface area contributed by atoms with E-state index in [0.29, 0.717) is 23.3 Å². The molecule has 0 fully saturated rings. The quantitative estimate of drug-likeness (QED) is 0.596. The summed E-state index contributed by atoms with van der Waals surface area (Å²) in [5.41, 5.74) is 1.90. The third kappa shape index (κ3) is 4.46. The van der Waals surface area contributed by atoms with Crippen LogP contribution in [0.1, 0.15) is 54.1 Å². The molecule has 2 N–H and O–H groups in total. The average Bonchev–Trinajstić information content (AvgIpc) is 3.22. The van der Waals surface area contributed by atoms with Gasteiger partial charge in [-0.25, -0.2) is 4.39 Å². The van der Waals surface area contributed by atoms with Gasteiger partial charge in [-0.3, -0.25) is 9.59 Å². The summed E-state index contributed by atoms with van der Waals surface area (Å²) in [7, 11) is 1.55. The van der Waals surface area contributed by atoms with Gasteiger partial charge < -0.3 is 24.6 Å². The molecule has 0 radical (unpaired) electrons. The molecular weight excluding hydrogens is 441 g/mol. The molecule has 1 aliphatic heterocycles. The second-order valence-corrected chi connectivity index (χ2v) is 9.20. The van der Waals surface area contributed by atoms with Gasteiger partial charge in [0.2, 0.25) is 5.76 Å². The number of halogens is 1. The Bertz CT molecular complexity index is 1250. The zero-order valence-electron chi connectivity index (χ0n) is 19.4. The number of carbonyl (C=O) groups excluding carboxylic acids is 2. The van der Waals surface area contributed by atoms with Crippen molar-refractivity contribution in [3.63, 3.8) is 0 Å². The van der Waals surface area contributed by atoms with Crippen LogP contribution in [-0.4, -0.2) is 40.6 Å². The van der Waals surface area contributed by atoms with Gasteiger partial charge in [-0.05, 0) is 57.9 Å². The highest BCUT2D eigenvalue weighted by Gasteiger charge is 2.38. The zero-order chi connectivity index (χ0) is 24.6. The second kappa shape index (κ2) is 8.81. The topological polar surface area (TPSA) is 105 Å². The lowest BCUT2D eigenvalue weighted by Gasteiger charge is -2.36. The number of anilines is 1. The van der Waals surface area contributed by atoms with Crippen molar-refractivity contribution in [2.75, 3.05) is 19.0 Å². The molecule has 34 heavy (non-hydrogen) atoms. The van der Waals surface area contributed by atoms with E-state index >= 15 is 0 Å². The monoisotopic (exact) mass is 467 g/mol. The summed E-state index contributed by atoms with van der Waals surface area (Å²) >= 11 is 0. The molecule has 0 saturated carbocycles. The number of aromatic nitrogens is 1. The fraction of sp³-hybridized carbons (Fsp3) is 0.320. The molecule has 2 aromatic carbocycles. The Balaban J connectivity index is 1.69. The van der Waals surface area contributed by atoms with Crippen molar-refractivity contribution in [1.29, 1.82) is 0 Å². The number of methoxy groups -OCH3 is 1. The lowest BCUT2D eigenvalue weighted by atomic mass is 9.86. The van der Waals surface area contributed by atoms with Crippen LogP contribution in [0.2, 0.25) is 0 Å². The van der Waals surface area contributed by atoms with E-state index in [2.05, 4.69) is 10.5 Å². The predicted molar refractivity (Wildman–Crippen MR) is 122 cm³/mol. The summed E-state index contributed by atoms with van der Waals surface area (Å²) in [4.78, 5) is 28.0. The first kappa shape index (κ1) is 23.3. The summed E-state index contributed by atoms with van der Waals surface area (Å²) in [6.07, 6.45) is 0.483. The van der Waals surface area contributed by atoms with Crippen LogP contribution in [-0.2, 0) is 16.6 Å². The number of fused-ring (bicyclic) bond motifs is 1. The number of hydrogen-bond donors (Lipinski definition) is 2. The lowest BCUT2D eigenvalue weighted by molar-refractivity contribution is -0.121. The molecule has 9 heteroatoms. The summed E-state index contributed by atoms with van der Waals surface area (Å²) in [6, 6.07) is 9.92. The van der Waals surface area contributed by atoms with E-state index in [4.69, 9.17) is 9.26 Å². The molecule has 1 atom stereocenters. The number of nitrogens with zero attached hydrogens (tertiary/aromatic N) is 2. The van der Waals surface area contributed by atoms with Crippen LogP contribution in [0.3, 0.4) is 0 Å². The largest absolute Gasteiger partial charge is 0.497 e. The fourth-order valence-corrected chi connectivity index (χ4v) is 4.15.